The van der Waals surface area contributed by atoms with E-state index in [1.54, 1.807) is 48.5 Å². The Bertz CT molecular complexity index is 1580. The van der Waals surface area contributed by atoms with E-state index in [1.807, 2.05) is 6.92 Å². The first kappa shape index (κ1) is 29.8. The number of fused-ring (bicyclic) bond motifs is 1. The number of rotatable bonds is 11. The van der Waals surface area contributed by atoms with Crippen molar-refractivity contribution in [1.29, 1.82) is 0 Å². The molecule has 0 aliphatic rings. The molecule has 41 heavy (non-hydrogen) atoms. The van der Waals surface area contributed by atoms with Gasteiger partial charge in [-0.25, -0.2) is 4.98 Å². The molecule has 0 bridgehead atoms. The molecule has 2 aromatic carbocycles. The van der Waals surface area contributed by atoms with E-state index in [4.69, 9.17) is 16.7 Å². The number of aliphatic carboxylic acids is 1. The van der Waals surface area contributed by atoms with Gasteiger partial charge >= 0.3 is 12.1 Å². The number of Topliss-reactive ketones (excluding diaryl/α,β-unsaturated/α-hetero) is 1. The van der Waals surface area contributed by atoms with Crippen molar-refractivity contribution in [2.24, 2.45) is 5.92 Å². The zero-order valence-corrected chi connectivity index (χ0v) is 22.8. The molecule has 2 N–H and O–H groups in total. The third-order valence-electron chi connectivity index (χ3n) is 6.60. The van der Waals surface area contributed by atoms with Crippen LogP contribution in [-0.4, -0.2) is 38.9 Å². The van der Waals surface area contributed by atoms with Crippen LogP contribution in [0.1, 0.15) is 58.3 Å². The molecule has 1 amide bonds. The highest BCUT2D eigenvalue weighted by Crippen LogP contribution is 2.32. The normalized spacial score (nSPS) is 12.3. The van der Waals surface area contributed by atoms with Gasteiger partial charge in [-0.2, -0.15) is 13.2 Å². The van der Waals surface area contributed by atoms with E-state index in [2.05, 4.69) is 10.3 Å². The number of hydrogen-bond acceptors (Lipinski definition) is 4. The SMILES string of the molecule is CCC[C@H](Cc1ccc(C(=O)NCCC(=O)O)cc1)C(=O)c1cc2cc(Cl)ccc2n1-c1cccc(C(F)(F)F)n1. The fraction of sp³-hybridized carbons (Fsp3) is 0.267. The zero-order chi connectivity index (χ0) is 29.7. The minimum atomic E-state index is -4.66. The predicted molar refractivity (Wildman–Crippen MR) is 149 cm³/mol. The maximum Gasteiger partial charge on any atom is 0.433 e. The maximum absolute atomic E-state index is 14.0. The molecule has 4 rings (SSSR count). The molecule has 0 aliphatic carbocycles. The first-order valence-electron chi connectivity index (χ1n) is 13.0. The molecule has 0 spiro atoms. The molecular formula is C30H27ClF3N3O4. The van der Waals surface area contributed by atoms with Gasteiger partial charge in [0.2, 0.25) is 0 Å². The molecule has 0 saturated carbocycles. The summed E-state index contributed by atoms with van der Waals surface area (Å²) in [5, 5.41) is 12.3. The molecule has 0 radical (unpaired) electrons. The average molecular weight is 586 g/mol. The summed E-state index contributed by atoms with van der Waals surface area (Å²) in [7, 11) is 0. The fourth-order valence-electron chi connectivity index (χ4n) is 4.67. The first-order valence-corrected chi connectivity index (χ1v) is 13.3. The van der Waals surface area contributed by atoms with Crippen molar-refractivity contribution in [2.75, 3.05) is 6.54 Å². The predicted octanol–water partition coefficient (Wildman–Crippen LogP) is 6.74. The Hall–Kier alpha value is -4.18. The second-order valence-corrected chi connectivity index (χ2v) is 10.0. The van der Waals surface area contributed by atoms with Crippen molar-refractivity contribution in [1.82, 2.24) is 14.9 Å². The molecule has 11 heteroatoms. The Morgan fingerprint density at radius 3 is 2.44 bits per heavy atom. The van der Waals surface area contributed by atoms with E-state index in [0.29, 0.717) is 40.8 Å². The average Bonchev–Trinajstić information content (AvgIpc) is 3.30. The Balaban J connectivity index is 1.66. The largest absolute Gasteiger partial charge is 0.481 e. The van der Waals surface area contributed by atoms with E-state index in [-0.39, 0.29) is 30.3 Å². The second-order valence-electron chi connectivity index (χ2n) is 9.60. The number of halogens is 4. The Morgan fingerprint density at radius 2 is 1.78 bits per heavy atom. The number of pyridine rings is 1. The van der Waals surface area contributed by atoms with E-state index in [0.717, 1.165) is 11.6 Å². The number of benzene rings is 2. The van der Waals surface area contributed by atoms with Gasteiger partial charge in [-0.05, 0) is 66.9 Å². The summed E-state index contributed by atoms with van der Waals surface area (Å²) in [6, 6.07) is 16.7. The van der Waals surface area contributed by atoms with Gasteiger partial charge in [-0.3, -0.25) is 19.0 Å². The number of amides is 1. The number of nitrogens with one attached hydrogen (secondary N) is 1. The maximum atomic E-state index is 14.0. The summed E-state index contributed by atoms with van der Waals surface area (Å²) in [5.74, 6) is -2.21. The van der Waals surface area contributed by atoms with Crippen molar-refractivity contribution in [3.63, 3.8) is 0 Å². The molecule has 0 fully saturated rings. The van der Waals surface area contributed by atoms with Crippen molar-refractivity contribution >= 4 is 40.2 Å². The van der Waals surface area contributed by atoms with Crippen LogP contribution in [0.15, 0.2) is 66.7 Å². The van der Waals surface area contributed by atoms with Crippen molar-refractivity contribution < 1.29 is 32.7 Å². The summed E-state index contributed by atoms with van der Waals surface area (Å²) in [6.07, 6.45) is -3.30. The highest BCUT2D eigenvalue weighted by atomic mass is 35.5. The summed E-state index contributed by atoms with van der Waals surface area (Å²) in [4.78, 5) is 40.8. The van der Waals surface area contributed by atoms with Gasteiger partial charge in [0.15, 0.2) is 5.78 Å². The topological polar surface area (TPSA) is 101 Å². The fourth-order valence-corrected chi connectivity index (χ4v) is 4.85. The zero-order valence-electron chi connectivity index (χ0n) is 22.0. The van der Waals surface area contributed by atoms with Crippen molar-refractivity contribution in [3.8, 4) is 5.82 Å². The van der Waals surface area contributed by atoms with Gasteiger partial charge in [0.1, 0.15) is 11.5 Å². The molecule has 0 saturated heterocycles. The molecular weight excluding hydrogens is 559 g/mol. The minimum absolute atomic E-state index is 0.00292. The quantitative estimate of drug-likeness (QED) is 0.190. The molecule has 1 atom stereocenters. The lowest BCUT2D eigenvalue weighted by molar-refractivity contribution is -0.141. The third kappa shape index (κ3) is 7.13. The molecule has 2 heterocycles. The number of alkyl halides is 3. The minimum Gasteiger partial charge on any atom is -0.481 e. The van der Waals surface area contributed by atoms with Crippen LogP contribution >= 0.6 is 11.6 Å². The van der Waals surface area contributed by atoms with Crippen molar-refractivity contribution in [2.45, 2.75) is 38.8 Å². The lowest BCUT2D eigenvalue weighted by Gasteiger charge is -2.18. The molecule has 214 valence electrons. The third-order valence-corrected chi connectivity index (χ3v) is 6.84. The van der Waals surface area contributed by atoms with Gasteiger partial charge in [-0.15, -0.1) is 0 Å². The van der Waals surface area contributed by atoms with Crippen LogP contribution in [0.25, 0.3) is 16.7 Å². The Morgan fingerprint density at radius 1 is 1.05 bits per heavy atom. The van der Waals surface area contributed by atoms with Crippen LogP contribution in [0, 0.1) is 5.92 Å². The number of nitrogens with zero attached hydrogens (tertiary/aromatic N) is 2. The number of carboxylic acids is 1. The Labute approximate surface area is 239 Å². The van der Waals surface area contributed by atoms with Crippen LogP contribution in [0.3, 0.4) is 0 Å². The van der Waals surface area contributed by atoms with Gasteiger partial charge in [0.25, 0.3) is 5.91 Å². The van der Waals surface area contributed by atoms with E-state index in [1.165, 1.54) is 16.7 Å². The van der Waals surface area contributed by atoms with E-state index >= 15 is 0 Å². The molecule has 0 unspecified atom stereocenters. The van der Waals surface area contributed by atoms with Crippen LogP contribution in [-0.2, 0) is 17.4 Å². The molecule has 0 aliphatic heterocycles. The van der Waals surface area contributed by atoms with Crippen LogP contribution in [0.4, 0.5) is 13.2 Å². The lowest BCUT2D eigenvalue weighted by Crippen LogP contribution is -2.26. The number of carbonyl (C=O) groups excluding carboxylic acids is 2. The summed E-state index contributed by atoms with van der Waals surface area (Å²) < 4.78 is 41.9. The molecule has 2 aromatic heterocycles. The van der Waals surface area contributed by atoms with Gasteiger partial charge in [0, 0.05) is 28.4 Å². The number of carbonyl (C=O) groups is 3. The van der Waals surface area contributed by atoms with Crippen molar-refractivity contribution in [3.05, 3.63) is 94.3 Å². The lowest BCUT2D eigenvalue weighted by atomic mass is 9.89. The number of carboxylic acid groups (broad SMARTS) is 1. The van der Waals surface area contributed by atoms with E-state index in [9.17, 15) is 27.6 Å². The smallest absolute Gasteiger partial charge is 0.433 e. The summed E-state index contributed by atoms with van der Waals surface area (Å²) in [5.41, 5.74) is 0.772. The Kier molecular flexibility index (Phi) is 9.12. The highest BCUT2D eigenvalue weighted by Gasteiger charge is 2.33. The molecule has 4 aromatic rings. The molecule has 7 nitrogen and oxygen atoms in total. The van der Waals surface area contributed by atoms with E-state index < -0.39 is 29.7 Å². The number of ketones is 1. The summed E-state index contributed by atoms with van der Waals surface area (Å²) in [6.45, 7) is 1.94. The van der Waals surface area contributed by atoms with Crippen LogP contribution in [0.5, 0.6) is 0 Å². The van der Waals surface area contributed by atoms with Gasteiger partial charge in [-0.1, -0.05) is 43.1 Å². The monoisotopic (exact) mass is 585 g/mol. The van der Waals surface area contributed by atoms with Crippen LogP contribution < -0.4 is 5.32 Å². The number of hydrogen-bond donors (Lipinski definition) is 2. The highest BCUT2D eigenvalue weighted by molar-refractivity contribution is 6.31. The first-order chi connectivity index (χ1) is 19.5. The van der Waals surface area contributed by atoms with Gasteiger partial charge < -0.3 is 10.4 Å². The standard InChI is InChI=1S/C30H27ClF3N3O4/c1-2-4-20(15-18-7-9-19(10-8-18)29(41)35-14-13-27(38)39)28(40)24-17-21-16-22(31)11-12-23(21)37(24)26-6-3-5-25(36-26)30(32,33)34/h3,5-12,16-17,20H,2,4,13-15H2,1H3,(H,35,41)(H,38,39)/t20-/m1/s1. The van der Waals surface area contributed by atoms with Crippen LogP contribution in [0.2, 0.25) is 5.02 Å². The number of aromatic nitrogens is 2. The summed E-state index contributed by atoms with van der Waals surface area (Å²) >= 11 is 6.17. The second kappa shape index (κ2) is 12.6. The van der Waals surface area contributed by atoms with Gasteiger partial charge in [0.05, 0.1) is 17.6 Å².